The molecule has 3 N–H and O–H groups in total. The number of carbonyl (C=O) groups is 2. The molecule has 7 heteroatoms. The molecule has 0 aliphatic heterocycles. The summed E-state index contributed by atoms with van der Waals surface area (Å²) in [5, 5.41) is 11.9. The molecule has 0 aliphatic rings. The van der Waals surface area contributed by atoms with Crippen molar-refractivity contribution in [1.82, 2.24) is 15.5 Å². The van der Waals surface area contributed by atoms with E-state index in [1.807, 2.05) is 19.9 Å². The average Bonchev–Trinajstić information content (AvgIpc) is 3.05. The van der Waals surface area contributed by atoms with E-state index in [-0.39, 0.29) is 18.4 Å². The van der Waals surface area contributed by atoms with Crippen LogP contribution in [0.15, 0.2) is 18.2 Å². The van der Waals surface area contributed by atoms with Crippen LogP contribution in [0.5, 0.6) is 0 Å². The number of aryl methyl sites for hydroxylation is 2. The van der Waals surface area contributed by atoms with Crippen molar-refractivity contribution >= 4 is 29.0 Å². The Labute approximate surface area is 120 Å². The number of nitrogens with zero attached hydrogens (tertiary/aromatic N) is 1. The van der Waals surface area contributed by atoms with E-state index in [2.05, 4.69) is 20.8 Å². The summed E-state index contributed by atoms with van der Waals surface area (Å²) in [7, 11) is 0. The highest BCUT2D eigenvalue weighted by Crippen LogP contribution is 2.14. The number of anilines is 1. The fraction of sp³-hybridized carbons (Fsp3) is 0.308. The Bertz CT molecular complexity index is 617. The molecule has 20 heavy (non-hydrogen) atoms. The Kier molecular flexibility index (Phi) is 4.52. The van der Waals surface area contributed by atoms with E-state index in [1.165, 1.54) is 11.3 Å². The number of thiophene rings is 1. The maximum atomic E-state index is 11.8. The van der Waals surface area contributed by atoms with Crippen LogP contribution in [-0.4, -0.2) is 28.6 Å². The van der Waals surface area contributed by atoms with Crippen molar-refractivity contribution in [1.29, 1.82) is 0 Å². The van der Waals surface area contributed by atoms with Crippen LogP contribution >= 0.6 is 11.3 Å². The number of aromatic amines is 1. The van der Waals surface area contributed by atoms with Crippen LogP contribution in [0.1, 0.15) is 27.2 Å². The highest BCUT2D eigenvalue weighted by molar-refractivity contribution is 7.13. The number of hydrogen-bond donors (Lipinski definition) is 3. The number of carbonyl (C=O) groups excluding carboxylic acids is 2. The maximum absolute atomic E-state index is 11.8. The predicted molar refractivity (Wildman–Crippen MR) is 78.0 cm³/mol. The van der Waals surface area contributed by atoms with E-state index in [0.29, 0.717) is 10.7 Å². The molecule has 0 saturated carbocycles. The number of nitrogens with one attached hydrogen (secondary N) is 3. The lowest BCUT2D eigenvalue weighted by molar-refractivity contribution is -0.115. The van der Waals surface area contributed by atoms with Gasteiger partial charge in [-0.2, -0.15) is 5.10 Å². The number of rotatable bonds is 5. The lowest BCUT2D eigenvalue weighted by Gasteiger charge is -2.03. The second kappa shape index (κ2) is 6.33. The van der Waals surface area contributed by atoms with Gasteiger partial charge in [-0.3, -0.25) is 14.7 Å². The van der Waals surface area contributed by atoms with Gasteiger partial charge in [-0.25, -0.2) is 0 Å². The van der Waals surface area contributed by atoms with Crippen LogP contribution in [0.4, 0.5) is 5.82 Å². The fourth-order valence-electron chi connectivity index (χ4n) is 1.60. The molecule has 2 aromatic rings. The van der Waals surface area contributed by atoms with E-state index in [4.69, 9.17) is 0 Å². The molecular formula is C13H16N4O2S. The first-order valence-electron chi connectivity index (χ1n) is 6.27. The molecule has 2 heterocycles. The summed E-state index contributed by atoms with van der Waals surface area (Å²) in [6, 6.07) is 5.38. The summed E-state index contributed by atoms with van der Waals surface area (Å²) in [6.45, 7) is 3.84. The van der Waals surface area contributed by atoms with E-state index < -0.39 is 0 Å². The Balaban J connectivity index is 1.81. The Morgan fingerprint density at radius 2 is 2.20 bits per heavy atom. The smallest absolute Gasteiger partial charge is 0.261 e. The summed E-state index contributed by atoms with van der Waals surface area (Å²) >= 11 is 1.40. The van der Waals surface area contributed by atoms with Crippen LogP contribution in [0.3, 0.4) is 0 Å². The first-order valence-corrected chi connectivity index (χ1v) is 7.09. The molecule has 2 aromatic heterocycles. The van der Waals surface area contributed by atoms with Crippen molar-refractivity contribution in [2.45, 2.75) is 20.3 Å². The monoisotopic (exact) mass is 292 g/mol. The van der Waals surface area contributed by atoms with Gasteiger partial charge in [0.2, 0.25) is 5.91 Å². The fourth-order valence-corrected chi connectivity index (χ4v) is 2.38. The number of amides is 2. The van der Waals surface area contributed by atoms with Crippen LogP contribution in [0, 0.1) is 6.92 Å². The summed E-state index contributed by atoms with van der Waals surface area (Å²) in [5.41, 5.74) is 0.943. The van der Waals surface area contributed by atoms with Crippen molar-refractivity contribution in [3.63, 3.8) is 0 Å². The zero-order valence-electron chi connectivity index (χ0n) is 11.3. The third-order valence-electron chi connectivity index (χ3n) is 2.65. The van der Waals surface area contributed by atoms with Crippen molar-refractivity contribution in [2.75, 3.05) is 11.9 Å². The Hall–Kier alpha value is -2.15. The van der Waals surface area contributed by atoms with E-state index in [1.54, 1.807) is 12.1 Å². The summed E-state index contributed by atoms with van der Waals surface area (Å²) < 4.78 is 0. The van der Waals surface area contributed by atoms with Gasteiger partial charge < -0.3 is 10.6 Å². The van der Waals surface area contributed by atoms with Gasteiger partial charge in [-0.05, 0) is 25.5 Å². The number of H-pyrrole nitrogens is 1. The van der Waals surface area contributed by atoms with Crippen molar-refractivity contribution < 1.29 is 9.59 Å². The van der Waals surface area contributed by atoms with E-state index in [0.717, 1.165) is 17.0 Å². The van der Waals surface area contributed by atoms with Gasteiger partial charge in [0.15, 0.2) is 5.82 Å². The zero-order valence-corrected chi connectivity index (χ0v) is 12.1. The van der Waals surface area contributed by atoms with Gasteiger partial charge in [-0.1, -0.05) is 6.92 Å². The van der Waals surface area contributed by atoms with Crippen LogP contribution in [0.25, 0.3) is 0 Å². The van der Waals surface area contributed by atoms with Crippen molar-refractivity contribution in [2.24, 2.45) is 0 Å². The summed E-state index contributed by atoms with van der Waals surface area (Å²) in [4.78, 5) is 25.1. The highest BCUT2D eigenvalue weighted by Gasteiger charge is 2.10. The molecule has 106 valence electrons. The minimum absolute atomic E-state index is 0.0793. The second-order valence-corrected chi connectivity index (χ2v) is 5.56. The van der Waals surface area contributed by atoms with Gasteiger partial charge in [0.05, 0.1) is 11.4 Å². The quantitative estimate of drug-likeness (QED) is 0.784. The second-order valence-electron chi connectivity index (χ2n) is 4.27. The van der Waals surface area contributed by atoms with E-state index in [9.17, 15) is 9.59 Å². The van der Waals surface area contributed by atoms with Gasteiger partial charge in [0.1, 0.15) is 0 Å². The van der Waals surface area contributed by atoms with Gasteiger partial charge in [-0.15, -0.1) is 11.3 Å². The molecule has 0 aromatic carbocycles. The van der Waals surface area contributed by atoms with Gasteiger partial charge in [0.25, 0.3) is 5.91 Å². The molecule has 2 amide bonds. The molecule has 6 nitrogen and oxygen atoms in total. The molecule has 0 atom stereocenters. The largest absolute Gasteiger partial charge is 0.342 e. The Morgan fingerprint density at radius 3 is 2.80 bits per heavy atom. The molecule has 0 bridgehead atoms. The molecule has 0 fully saturated rings. The molecular weight excluding hydrogens is 276 g/mol. The van der Waals surface area contributed by atoms with Crippen LogP contribution < -0.4 is 10.6 Å². The third kappa shape index (κ3) is 3.67. The van der Waals surface area contributed by atoms with Gasteiger partial charge in [0, 0.05) is 16.6 Å². The predicted octanol–water partition coefficient (Wildman–Crippen LogP) is 1.71. The van der Waals surface area contributed by atoms with Crippen molar-refractivity contribution in [3.05, 3.63) is 33.6 Å². The molecule has 0 aliphatic carbocycles. The normalized spacial score (nSPS) is 10.3. The minimum atomic E-state index is -0.305. The number of hydrogen-bond acceptors (Lipinski definition) is 4. The topological polar surface area (TPSA) is 86.9 Å². The van der Waals surface area contributed by atoms with Gasteiger partial charge >= 0.3 is 0 Å². The van der Waals surface area contributed by atoms with E-state index >= 15 is 0 Å². The SMILES string of the molecule is CCc1cc(NC(=O)CNC(=O)c2ccc(C)s2)n[nH]1. The van der Waals surface area contributed by atoms with Crippen molar-refractivity contribution in [3.8, 4) is 0 Å². The first-order chi connectivity index (χ1) is 9.58. The van der Waals surface area contributed by atoms with Crippen LogP contribution in [-0.2, 0) is 11.2 Å². The summed E-state index contributed by atoms with van der Waals surface area (Å²) in [5.74, 6) is -0.0802. The Morgan fingerprint density at radius 1 is 1.40 bits per heavy atom. The molecule has 0 saturated heterocycles. The molecule has 0 spiro atoms. The highest BCUT2D eigenvalue weighted by atomic mass is 32.1. The minimum Gasteiger partial charge on any atom is -0.342 e. The average molecular weight is 292 g/mol. The third-order valence-corrected chi connectivity index (χ3v) is 3.65. The number of aromatic nitrogens is 2. The standard InChI is InChI=1S/C13H16N4O2S/c1-3-9-6-11(17-16-9)15-12(18)7-14-13(19)10-5-4-8(2)20-10/h4-6H,3,7H2,1-2H3,(H,14,19)(H2,15,16,17,18). The lowest BCUT2D eigenvalue weighted by Crippen LogP contribution is -2.32. The van der Waals surface area contributed by atoms with Crippen LogP contribution in [0.2, 0.25) is 0 Å². The molecule has 0 radical (unpaired) electrons. The lowest BCUT2D eigenvalue weighted by atomic mass is 10.3. The molecule has 0 unspecified atom stereocenters. The first kappa shape index (κ1) is 14.3. The maximum Gasteiger partial charge on any atom is 0.261 e. The molecule has 2 rings (SSSR count). The summed E-state index contributed by atoms with van der Waals surface area (Å²) in [6.07, 6.45) is 0.817. The zero-order chi connectivity index (χ0) is 14.5.